The molecule has 102 valence electrons. The lowest BCUT2D eigenvalue weighted by Crippen LogP contribution is -2.07. The second-order valence-electron chi connectivity index (χ2n) is 3.94. The van der Waals surface area contributed by atoms with Crippen LogP contribution >= 0.6 is 0 Å². The van der Waals surface area contributed by atoms with Crippen molar-refractivity contribution in [2.75, 3.05) is 18.9 Å². The minimum Gasteiger partial charge on any atom is -0.492 e. The fraction of sp³-hybridized carbons (Fsp3) is 0.429. The molecular formula is C14H18N2O3. The molecule has 0 atom stereocenters. The van der Waals surface area contributed by atoms with E-state index in [0.29, 0.717) is 43.1 Å². The van der Waals surface area contributed by atoms with Gasteiger partial charge in [-0.15, -0.1) is 0 Å². The number of unbranched alkanes of at least 4 members (excludes halogenated alkanes) is 2. The molecule has 1 aromatic carbocycles. The minimum atomic E-state index is -0.410. The van der Waals surface area contributed by atoms with Crippen molar-refractivity contribution < 1.29 is 14.3 Å². The maximum absolute atomic E-state index is 11.7. The predicted octanol–water partition coefficient (Wildman–Crippen LogP) is 2.52. The van der Waals surface area contributed by atoms with Crippen LogP contribution < -0.4 is 10.5 Å². The molecule has 1 aromatic rings. The number of anilines is 1. The molecule has 0 spiro atoms. The Balaban J connectivity index is 2.49. The highest BCUT2D eigenvalue weighted by Crippen LogP contribution is 2.22. The maximum atomic E-state index is 11.7. The SMILES string of the molecule is CCOc1ccc(C(=O)OCCCCC#N)cc1N. The van der Waals surface area contributed by atoms with E-state index in [0.717, 1.165) is 6.42 Å². The van der Waals surface area contributed by atoms with Gasteiger partial charge in [0.15, 0.2) is 0 Å². The van der Waals surface area contributed by atoms with Gasteiger partial charge in [0.2, 0.25) is 0 Å². The summed E-state index contributed by atoms with van der Waals surface area (Å²) in [7, 11) is 0. The average molecular weight is 262 g/mol. The Morgan fingerprint density at radius 3 is 2.84 bits per heavy atom. The van der Waals surface area contributed by atoms with Crippen LogP contribution in [0.3, 0.4) is 0 Å². The summed E-state index contributed by atoms with van der Waals surface area (Å²) in [5.74, 6) is 0.153. The molecule has 0 radical (unpaired) electrons. The van der Waals surface area contributed by atoms with Crippen molar-refractivity contribution in [1.82, 2.24) is 0 Å². The van der Waals surface area contributed by atoms with Crippen LogP contribution in [0.25, 0.3) is 0 Å². The third-order valence-corrected chi connectivity index (χ3v) is 2.46. The molecule has 0 saturated carbocycles. The fourth-order valence-corrected chi connectivity index (χ4v) is 1.52. The number of benzene rings is 1. The van der Waals surface area contributed by atoms with Crippen molar-refractivity contribution in [3.8, 4) is 11.8 Å². The third-order valence-electron chi connectivity index (χ3n) is 2.46. The summed E-state index contributed by atoms with van der Waals surface area (Å²) < 4.78 is 10.4. The van der Waals surface area contributed by atoms with Crippen LogP contribution in [0, 0.1) is 11.3 Å². The average Bonchev–Trinajstić information content (AvgIpc) is 2.41. The van der Waals surface area contributed by atoms with Crippen molar-refractivity contribution >= 4 is 11.7 Å². The van der Waals surface area contributed by atoms with Crippen LogP contribution in [0.4, 0.5) is 5.69 Å². The van der Waals surface area contributed by atoms with Gasteiger partial charge in [-0.2, -0.15) is 5.26 Å². The smallest absolute Gasteiger partial charge is 0.338 e. The molecule has 0 bridgehead atoms. The Bertz CT molecular complexity index is 466. The lowest BCUT2D eigenvalue weighted by molar-refractivity contribution is 0.0499. The van der Waals surface area contributed by atoms with Gasteiger partial charge in [-0.25, -0.2) is 4.79 Å². The molecule has 0 fully saturated rings. The first-order valence-electron chi connectivity index (χ1n) is 6.25. The molecule has 5 nitrogen and oxygen atoms in total. The number of ether oxygens (including phenoxy) is 2. The standard InChI is InChI=1S/C14H18N2O3/c1-2-18-13-7-6-11(10-12(13)16)14(17)19-9-5-3-4-8-15/h6-7,10H,2-5,9,16H2,1H3. The van der Waals surface area contributed by atoms with Crippen molar-refractivity contribution in [1.29, 1.82) is 5.26 Å². The van der Waals surface area contributed by atoms with Crippen LogP contribution in [-0.4, -0.2) is 19.2 Å². The molecule has 2 N–H and O–H groups in total. The van der Waals surface area contributed by atoms with E-state index >= 15 is 0 Å². The van der Waals surface area contributed by atoms with E-state index in [4.69, 9.17) is 20.5 Å². The molecular weight excluding hydrogens is 244 g/mol. The predicted molar refractivity (Wildman–Crippen MR) is 71.8 cm³/mol. The number of hydrogen-bond donors (Lipinski definition) is 1. The molecule has 0 aliphatic rings. The van der Waals surface area contributed by atoms with Crippen molar-refractivity contribution in [3.05, 3.63) is 23.8 Å². The molecule has 0 amide bonds. The maximum Gasteiger partial charge on any atom is 0.338 e. The molecule has 5 heteroatoms. The van der Waals surface area contributed by atoms with Crippen molar-refractivity contribution in [2.45, 2.75) is 26.2 Å². The van der Waals surface area contributed by atoms with E-state index in [1.165, 1.54) is 0 Å². The summed E-state index contributed by atoms with van der Waals surface area (Å²) in [6.45, 7) is 2.70. The zero-order valence-corrected chi connectivity index (χ0v) is 11.0. The number of esters is 1. The second-order valence-corrected chi connectivity index (χ2v) is 3.94. The van der Waals surface area contributed by atoms with Gasteiger partial charge in [-0.05, 0) is 38.0 Å². The van der Waals surface area contributed by atoms with Gasteiger partial charge in [0.05, 0.1) is 30.5 Å². The van der Waals surface area contributed by atoms with Crippen LogP contribution in [0.2, 0.25) is 0 Å². The fourth-order valence-electron chi connectivity index (χ4n) is 1.52. The Hall–Kier alpha value is -2.22. The monoisotopic (exact) mass is 262 g/mol. The van der Waals surface area contributed by atoms with E-state index < -0.39 is 5.97 Å². The minimum absolute atomic E-state index is 0.313. The van der Waals surface area contributed by atoms with Crippen LogP contribution in [0.1, 0.15) is 36.5 Å². The van der Waals surface area contributed by atoms with E-state index in [1.807, 2.05) is 13.0 Å². The van der Waals surface area contributed by atoms with Gasteiger partial charge in [0.25, 0.3) is 0 Å². The Morgan fingerprint density at radius 2 is 2.21 bits per heavy atom. The Labute approximate surface area is 112 Å². The third kappa shape index (κ3) is 4.88. The highest BCUT2D eigenvalue weighted by Gasteiger charge is 2.09. The molecule has 0 aliphatic heterocycles. The first-order chi connectivity index (χ1) is 9.19. The van der Waals surface area contributed by atoms with Crippen LogP contribution in [0.15, 0.2) is 18.2 Å². The lowest BCUT2D eigenvalue weighted by Gasteiger charge is -2.08. The first-order valence-corrected chi connectivity index (χ1v) is 6.25. The van der Waals surface area contributed by atoms with E-state index in [9.17, 15) is 4.79 Å². The van der Waals surface area contributed by atoms with Gasteiger partial charge < -0.3 is 15.2 Å². The summed E-state index contributed by atoms with van der Waals surface area (Å²) in [6.07, 6.45) is 1.90. The molecule has 19 heavy (non-hydrogen) atoms. The summed E-state index contributed by atoms with van der Waals surface area (Å²) in [6, 6.07) is 6.87. The van der Waals surface area contributed by atoms with Crippen molar-refractivity contribution in [2.24, 2.45) is 0 Å². The van der Waals surface area contributed by atoms with Gasteiger partial charge in [-0.3, -0.25) is 0 Å². The Morgan fingerprint density at radius 1 is 1.42 bits per heavy atom. The highest BCUT2D eigenvalue weighted by atomic mass is 16.5. The van der Waals surface area contributed by atoms with Crippen LogP contribution in [0.5, 0.6) is 5.75 Å². The van der Waals surface area contributed by atoms with E-state index in [1.54, 1.807) is 18.2 Å². The zero-order valence-electron chi connectivity index (χ0n) is 11.0. The summed E-state index contributed by atoms with van der Waals surface area (Å²) in [4.78, 5) is 11.7. The van der Waals surface area contributed by atoms with Gasteiger partial charge in [-0.1, -0.05) is 0 Å². The number of nitrogens with two attached hydrogens (primary N) is 1. The molecule has 0 aromatic heterocycles. The van der Waals surface area contributed by atoms with Gasteiger partial charge in [0.1, 0.15) is 5.75 Å². The van der Waals surface area contributed by atoms with E-state index in [-0.39, 0.29) is 0 Å². The quantitative estimate of drug-likeness (QED) is 0.463. The summed E-state index contributed by atoms with van der Waals surface area (Å²) >= 11 is 0. The van der Waals surface area contributed by atoms with Crippen LogP contribution in [-0.2, 0) is 4.74 Å². The first kappa shape index (κ1) is 14.8. The van der Waals surface area contributed by atoms with E-state index in [2.05, 4.69) is 0 Å². The number of rotatable bonds is 7. The number of nitriles is 1. The molecule has 0 heterocycles. The normalized spacial score (nSPS) is 9.68. The zero-order chi connectivity index (χ0) is 14.1. The number of carbonyl (C=O) groups is 1. The van der Waals surface area contributed by atoms with Crippen molar-refractivity contribution in [3.63, 3.8) is 0 Å². The molecule has 0 saturated heterocycles. The topological polar surface area (TPSA) is 85.3 Å². The largest absolute Gasteiger partial charge is 0.492 e. The number of nitrogen functional groups attached to an aromatic ring is 1. The molecule has 0 aliphatic carbocycles. The van der Waals surface area contributed by atoms with Gasteiger partial charge >= 0.3 is 5.97 Å². The summed E-state index contributed by atoms with van der Waals surface area (Å²) in [5.41, 5.74) is 6.59. The Kier molecular flexibility index (Phi) is 6.23. The van der Waals surface area contributed by atoms with Gasteiger partial charge in [0, 0.05) is 6.42 Å². The molecule has 1 rings (SSSR count). The highest BCUT2D eigenvalue weighted by molar-refractivity contribution is 5.91. The lowest BCUT2D eigenvalue weighted by atomic mass is 10.2. The molecule has 0 unspecified atom stereocenters. The second kappa shape index (κ2) is 7.98. The number of nitrogens with zero attached hydrogens (tertiary/aromatic N) is 1. The number of hydrogen-bond acceptors (Lipinski definition) is 5. The number of carbonyl (C=O) groups excluding carboxylic acids is 1. The summed E-state index contributed by atoms with van der Waals surface area (Å²) in [5, 5.41) is 8.37.